The number of benzene rings is 1. The van der Waals surface area contributed by atoms with Crippen LogP contribution in [0.5, 0.6) is 17.2 Å². The number of hydrogen-bond acceptors (Lipinski definition) is 3. The van der Waals surface area contributed by atoms with Crippen molar-refractivity contribution in [3.05, 3.63) is 12.1 Å². The summed E-state index contributed by atoms with van der Waals surface area (Å²) in [5, 5.41) is 0. The van der Waals surface area contributed by atoms with E-state index in [9.17, 15) is 0 Å². The fourth-order valence-electron chi connectivity index (χ4n) is 3.79. The maximum absolute atomic E-state index is 5.72. The van der Waals surface area contributed by atoms with Crippen molar-refractivity contribution < 1.29 is 14.2 Å². The quantitative estimate of drug-likeness (QED) is 0.426. The molecular weight excluding hydrogens is 407 g/mol. The molecule has 2 rings (SSSR count). The molecular formula is C20H34O3Sn. The third kappa shape index (κ3) is 4.53. The normalized spacial score (nSPS) is 13.3. The number of ether oxygens (including phenoxy) is 3. The second-order valence-corrected chi connectivity index (χ2v) is 20.2. The molecule has 0 radical (unpaired) electrons. The number of unbranched alkanes of at least 4 members (excludes halogenated alkanes) is 3. The van der Waals surface area contributed by atoms with Crippen LogP contribution < -0.4 is 17.8 Å². The number of methoxy groups -OCH3 is 1. The minimum atomic E-state index is -2.45. The predicted molar refractivity (Wildman–Crippen MR) is 104 cm³/mol. The van der Waals surface area contributed by atoms with Crippen LogP contribution >= 0.6 is 0 Å². The average Bonchev–Trinajstić information content (AvgIpc) is 3.09. The van der Waals surface area contributed by atoms with Crippen molar-refractivity contribution in [2.24, 2.45) is 0 Å². The van der Waals surface area contributed by atoms with Crippen LogP contribution in [-0.2, 0) is 0 Å². The topological polar surface area (TPSA) is 27.7 Å². The van der Waals surface area contributed by atoms with Gasteiger partial charge >= 0.3 is 152 Å². The Morgan fingerprint density at radius 2 is 1.50 bits per heavy atom. The zero-order chi connectivity index (χ0) is 17.4. The summed E-state index contributed by atoms with van der Waals surface area (Å²) >= 11 is -2.45. The summed E-state index contributed by atoms with van der Waals surface area (Å²) in [6.45, 7) is 7.26. The van der Waals surface area contributed by atoms with Crippen molar-refractivity contribution in [2.45, 2.75) is 72.6 Å². The van der Waals surface area contributed by atoms with Crippen LogP contribution in [-0.4, -0.2) is 32.3 Å². The van der Waals surface area contributed by atoms with Crippen LogP contribution in [0.3, 0.4) is 0 Å². The fourth-order valence-corrected chi connectivity index (χ4v) is 19.7. The van der Waals surface area contributed by atoms with Gasteiger partial charge in [0.1, 0.15) is 0 Å². The second-order valence-electron chi connectivity index (χ2n) is 7.00. The predicted octanol–water partition coefficient (Wildman–Crippen LogP) is 5.48. The molecule has 0 bridgehead atoms. The SMILES string of the molecule is CCC[CH2][Sn]([CH2]CCC)([CH2]CCC)[c]1cc(OC)c2c(c1)OCO2. The van der Waals surface area contributed by atoms with Crippen molar-refractivity contribution in [3.63, 3.8) is 0 Å². The van der Waals surface area contributed by atoms with Crippen LogP contribution in [0.15, 0.2) is 12.1 Å². The Morgan fingerprint density at radius 1 is 0.917 bits per heavy atom. The number of rotatable bonds is 11. The summed E-state index contributed by atoms with van der Waals surface area (Å²) in [5.74, 6) is 2.56. The molecule has 0 fully saturated rings. The van der Waals surface area contributed by atoms with E-state index in [2.05, 4.69) is 32.9 Å². The van der Waals surface area contributed by atoms with Gasteiger partial charge < -0.3 is 0 Å². The summed E-state index contributed by atoms with van der Waals surface area (Å²) in [4.78, 5) is 0. The van der Waals surface area contributed by atoms with Gasteiger partial charge in [-0.05, 0) is 0 Å². The third-order valence-corrected chi connectivity index (χ3v) is 20.8. The molecule has 0 saturated carbocycles. The maximum atomic E-state index is 5.72. The molecule has 4 heteroatoms. The molecule has 3 nitrogen and oxygen atoms in total. The van der Waals surface area contributed by atoms with Crippen LogP contribution in [0.2, 0.25) is 13.3 Å². The van der Waals surface area contributed by atoms with Crippen LogP contribution in [0, 0.1) is 0 Å². The van der Waals surface area contributed by atoms with E-state index in [0.29, 0.717) is 6.79 Å². The molecule has 0 saturated heterocycles. The Balaban J connectivity index is 2.43. The van der Waals surface area contributed by atoms with Gasteiger partial charge in [-0.3, -0.25) is 0 Å². The van der Waals surface area contributed by atoms with Gasteiger partial charge in [-0.25, -0.2) is 0 Å². The standard InChI is InChI=1S/C8H7O3.3C4H9.Sn/c1-9-6-3-2-4-7-8(6)11-5-10-7;3*1-3-4-2;/h3-4H,5H2,1H3;3*1,3-4H2,2H3;. The molecule has 0 spiro atoms. The molecule has 1 aromatic rings. The van der Waals surface area contributed by atoms with E-state index < -0.39 is 18.4 Å². The van der Waals surface area contributed by atoms with Crippen LogP contribution in [0.25, 0.3) is 0 Å². The van der Waals surface area contributed by atoms with Gasteiger partial charge in [-0.15, -0.1) is 0 Å². The Labute approximate surface area is 151 Å². The molecule has 136 valence electrons. The van der Waals surface area contributed by atoms with Crippen molar-refractivity contribution in [1.82, 2.24) is 0 Å². The third-order valence-electron chi connectivity index (χ3n) is 5.30. The summed E-state index contributed by atoms with van der Waals surface area (Å²) in [6.07, 6.45) is 7.95. The Bertz CT molecular complexity index is 494. The van der Waals surface area contributed by atoms with E-state index in [1.165, 1.54) is 51.8 Å². The van der Waals surface area contributed by atoms with E-state index in [-0.39, 0.29) is 0 Å². The number of hydrogen-bond donors (Lipinski definition) is 0. The zero-order valence-electron chi connectivity index (χ0n) is 16.0. The Hall–Kier alpha value is -0.581. The number of fused-ring (bicyclic) bond motifs is 1. The molecule has 1 aliphatic heterocycles. The van der Waals surface area contributed by atoms with Crippen molar-refractivity contribution in [3.8, 4) is 17.2 Å². The average molecular weight is 441 g/mol. The van der Waals surface area contributed by atoms with E-state index >= 15 is 0 Å². The van der Waals surface area contributed by atoms with Gasteiger partial charge in [0.05, 0.1) is 0 Å². The zero-order valence-corrected chi connectivity index (χ0v) is 18.8. The van der Waals surface area contributed by atoms with Crippen molar-refractivity contribution in [1.29, 1.82) is 0 Å². The molecule has 0 aliphatic carbocycles. The second kappa shape index (κ2) is 9.79. The van der Waals surface area contributed by atoms with Gasteiger partial charge in [0.15, 0.2) is 0 Å². The minimum absolute atomic E-state index is 0.316. The molecule has 1 aromatic carbocycles. The van der Waals surface area contributed by atoms with E-state index in [1.54, 1.807) is 10.7 Å². The Kier molecular flexibility index (Phi) is 8.05. The molecule has 0 aromatic heterocycles. The van der Waals surface area contributed by atoms with Gasteiger partial charge in [-0.1, -0.05) is 0 Å². The molecule has 0 amide bonds. The molecule has 0 N–H and O–H groups in total. The van der Waals surface area contributed by atoms with Crippen molar-refractivity contribution in [2.75, 3.05) is 13.9 Å². The molecule has 0 unspecified atom stereocenters. The van der Waals surface area contributed by atoms with Gasteiger partial charge in [0.25, 0.3) is 0 Å². The molecule has 0 atom stereocenters. The van der Waals surface area contributed by atoms with E-state index in [0.717, 1.165) is 17.2 Å². The van der Waals surface area contributed by atoms with Gasteiger partial charge in [0, 0.05) is 0 Å². The van der Waals surface area contributed by atoms with Crippen LogP contribution in [0.4, 0.5) is 0 Å². The van der Waals surface area contributed by atoms with E-state index in [4.69, 9.17) is 14.2 Å². The van der Waals surface area contributed by atoms with Crippen LogP contribution in [0.1, 0.15) is 59.3 Å². The van der Waals surface area contributed by atoms with E-state index in [1.807, 2.05) is 0 Å². The summed E-state index contributed by atoms with van der Waals surface area (Å²) < 4.78 is 22.9. The summed E-state index contributed by atoms with van der Waals surface area (Å²) in [5.41, 5.74) is 0. The molecule has 1 heterocycles. The molecule has 24 heavy (non-hydrogen) atoms. The first-order valence-corrected chi connectivity index (χ1v) is 17.2. The molecule has 1 aliphatic rings. The summed E-state index contributed by atoms with van der Waals surface area (Å²) in [6, 6.07) is 4.60. The first-order chi connectivity index (χ1) is 11.7. The fraction of sp³-hybridized carbons (Fsp3) is 0.700. The first kappa shape index (κ1) is 19.7. The first-order valence-electron chi connectivity index (χ1n) is 9.68. The van der Waals surface area contributed by atoms with Gasteiger partial charge in [-0.2, -0.15) is 0 Å². The monoisotopic (exact) mass is 442 g/mol. The Morgan fingerprint density at radius 3 is 2.00 bits per heavy atom. The van der Waals surface area contributed by atoms with Gasteiger partial charge in [0.2, 0.25) is 0 Å². The summed E-state index contributed by atoms with van der Waals surface area (Å²) in [7, 11) is 1.74. The van der Waals surface area contributed by atoms with Crippen molar-refractivity contribution >= 4 is 22.0 Å².